The van der Waals surface area contributed by atoms with E-state index >= 15 is 0 Å². The van der Waals surface area contributed by atoms with Crippen molar-refractivity contribution in [3.8, 4) is 5.75 Å². The Labute approximate surface area is 115 Å². The number of carboxylic acids is 1. The number of carbonyl (C=O) groups is 2. The van der Waals surface area contributed by atoms with Gasteiger partial charge in [-0.15, -0.1) is 0 Å². The van der Waals surface area contributed by atoms with E-state index in [0.29, 0.717) is 0 Å². The van der Waals surface area contributed by atoms with E-state index in [1.54, 1.807) is 6.07 Å². The molecular weight excluding hydrogens is 269 g/mol. The summed E-state index contributed by atoms with van der Waals surface area (Å²) in [4.78, 5) is 22.6. The molecule has 0 bridgehead atoms. The molecule has 1 aromatic carbocycles. The highest BCUT2D eigenvalue weighted by atomic mass is 19.1. The minimum absolute atomic E-state index is 0.112. The summed E-state index contributed by atoms with van der Waals surface area (Å²) < 4.78 is 18.4. The van der Waals surface area contributed by atoms with Crippen molar-refractivity contribution in [1.29, 1.82) is 0 Å². The highest BCUT2D eigenvalue weighted by molar-refractivity contribution is 5.86. The fraction of sp³-hybridized carbons (Fsp3) is 0.385. The molecule has 1 rings (SSSR count). The van der Waals surface area contributed by atoms with Gasteiger partial charge in [-0.3, -0.25) is 4.79 Å². The normalized spacial score (nSPS) is 15.0. The van der Waals surface area contributed by atoms with E-state index in [1.165, 1.54) is 32.0 Å². The third kappa shape index (κ3) is 4.20. The predicted molar refractivity (Wildman–Crippen MR) is 67.7 cm³/mol. The first-order chi connectivity index (χ1) is 9.32. The summed E-state index contributed by atoms with van der Waals surface area (Å²) in [6, 6.07) is 4.09. The van der Waals surface area contributed by atoms with Crippen LogP contribution in [-0.2, 0) is 9.59 Å². The van der Waals surface area contributed by atoms with Gasteiger partial charge in [-0.05, 0) is 26.0 Å². The van der Waals surface area contributed by atoms with E-state index < -0.39 is 35.9 Å². The van der Waals surface area contributed by atoms with Gasteiger partial charge in [-0.2, -0.15) is 0 Å². The van der Waals surface area contributed by atoms with Crippen LogP contribution in [0.1, 0.15) is 13.8 Å². The molecule has 0 saturated heterocycles. The number of amides is 1. The lowest BCUT2D eigenvalue weighted by Crippen LogP contribution is -2.51. The highest BCUT2D eigenvalue weighted by Gasteiger charge is 2.27. The number of aliphatic carboxylic acids is 1. The molecule has 0 saturated carbocycles. The molecule has 110 valence electrons. The van der Waals surface area contributed by atoms with Crippen molar-refractivity contribution >= 4 is 11.9 Å². The third-order valence-corrected chi connectivity index (χ3v) is 2.56. The molecular formula is C13H16FNO5. The maximum absolute atomic E-state index is 13.3. The van der Waals surface area contributed by atoms with Gasteiger partial charge >= 0.3 is 5.97 Å². The summed E-state index contributed by atoms with van der Waals surface area (Å²) >= 11 is 0. The monoisotopic (exact) mass is 285 g/mol. The second kappa shape index (κ2) is 6.85. The number of hydrogen-bond donors (Lipinski definition) is 3. The smallest absolute Gasteiger partial charge is 0.328 e. The Kier molecular flexibility index (Phi) is 5.45. The summed E-state index contributed by atoms with van der Waals surface area (Å²) in [6.45, 7) is 2.59. The lowest BCUT2D eigenvalue weighted by Gasteiger charge is -2.20. The largest absolute Gasteiger partial charge is 0.480 e. The summed E-state index contributed by atoms with van der Waals surface area (Å²) in [5.74, 6) is -2.87. The van der Waals surface area contributed by atoms with Crippen LogP contribution >= 0.6 is 0 Å². The molecule has 0 aliphatic rings. The van der Waals surface area contributed by atoms with Gasteiger partial charge in [0.05, 0.1) is 6.10 Å². The van der Waals surface area contributed by atoms with Gasteiger partial charge in [0.2, 0.25) is 0 Å². The van der Waals surface area contributed by atoms with Gasteiger partial charge in [0.25, 0.3) is 5.91 Å². The molecule has 6 nitrogen and oxygen atoms in total. The molecule has 0 fully saturated rings. The van der Waals surface area contributed by atoms with Gasteiger partial charge in [0, 0.05) is 0 Å². The predicted octanol–water partition coefficient (Wildman–Crippen LogP) is 0.543. The molecule has 0 aliphatic carbocycles. The van der Waals surface area contributed by atoms with Crippen molar-refractivity contribution in [2.45, 2.75) is 32.1 Å². The number of benzene rings is 1. The van der Waals surface area contributed by atoms with Crippen LogP contribution in [0.25, 0.3) is 0 Å². The topological polar surface area (TPSA) is 95.9 Å². The molecule has 3 unspecified atom stereocenters. The SMILES string of the molecule is CC(Oc1ccccc1F)C(=O)NC(C(=O)O)C(C)O. The van der Waals surface area contributed by atoms with E-state index in [1.807, 2.05) is 0 Å². The zero-order chi connectivity index (χ0) is 15.3. The molecule has 0 spiro atoms. The van der Waals surface area contributed by atoms with Crippen molar-refractivity contribution < 1.29 is 28.9 Å². The Morgan fingerprint density at radius 3 is 2.40 bits per heavy atom. The molecule has 3 N–H and O–H groups in total. The molecule has 0 aliphatic heterocycles. The Bertz CT molecular complexity index is 491. The number of aliphatic hydroxyl groups is 1. The molecule has 0 heterocycles. The summed E-state index contributed by atoms with van der Waals surface area (Å²) in [5.41, 5.74) is 0. The van der Waals surface area contributed by atoms with Crippen LogP contribution in [0.5, 0.6) is 5.75 Å². The van der Waals surface area contributed by atoms with Crippen LogP contribution in [0.4, 0.5) is 4.39 Å². The van der Waals surface area contributed by atoms with Crippen LogP contribution in [0.3, 0.4) is 0 Å². The van der Waals surface area contributed by atoms with Crippen LogP contribution in [0, 0.1) is 5.82 Å². The zero-order valence-electron chi connectivity index (χ0n) is 11.0. The fourth-order valence-electron chi connectivity index (χ4n) is 1.44. The Balaban J connectivity index is 2.68. The maximum atomic E-state index is 13.3. The number of hydrogen-bond acceptors (Lipinski definition) is 4. The standard InChI is InChI=1S/C13H16FNO5/c1-7(16)11(13(18)19)15-12(17)8(2)20-10-6-4-3-5-9(10)14/h3-8,11,16H,1-2H3,(H,15,17)(H,18,19). The van der Waals surface area contributed by atoms with Gasteiger partial charge in [0.1, 0.15) is 0 Å². The first kappa shape index (κ1) is 15.9. The number of carboxylic acid groups (broad SMARTS) is 1. The minimum atomic E-state index is -1.45. The first-order valence-corrected chi connectivity index (χ1v) is 5.95. The van der Waals surface area contributed by atoms with Crippen molar-refractivity contribution in [2.75, 3.05) is 0 Å². The molecule has 7 heteroatoms. The summed E-state index contributed by atoms with van der Waals surface area (Å²) in [6.07, 6.45) is -2.37. The minimum Gasteiger partial charge on any atom is -0.480 e. The van der Waals surface area contributed by atoms with Crippen molar-refractivity contribution in [2.24, 2.45) is 0 Å². The quantitative estimate of drug-likeness (QED) is 0.709. The van der Waals surface area contributed by atoms with Crippen LogP contribution in [0.2, 0.25) is 0 Å². The molecule has 1 aromatic rings. The van der Waals surface area contributed by atoms with E-state index in [4.69, 9.17) is 9.84 Å². The Hall–Kier alpha value is -2.15. The average Bonchev–Trinajstić information content (AvgIpc) is 2.37. The molecule has 0 aromatic heterocycles. The molecule has 0 radical (unpaired) electrons. The summed E-state index contributed by atoms with van der Waals surface area (Å²) in [5, 5.41) is 20.2. The average molecular weight is 285 g/mol. The number of ether oxygens (including phenoxy) is 1. The lowest BCUT2D eigenvalue weighted by atomic mass is 10.2. The van der Waals surface area contributed by atoms with Crippen molar-refractivity contribution in [1.82, 2.24) is 5.32 Å². The van der Waals surface area contributed by atoms with Crippen LogP contribution in [-0.4, -0.2) is 40.3 Å². The van der Waals surface area contributed by atoms with E-state index in [2.05, 4.69) is 5.32 Å². The highest BCUT2D eigenvalue weighted by Crippen LogP contribution is 2.17. The Morgan fingerprint density at radius 1 is 1.30 bits per heavy atom. The Morgan fingerprint density at radius 2 is 1.90 bits per heavy atom. The first-order valence-electron chi connectivity index (χ1n) is 5.95. The number of rotatable bonds is 6. The van der Waals surface area contributed by atoms with E-state index in [9.17, 15) is 19.1 Å². The van der Waals surface area contributed by atoms with E-state index in [0.717, 1.165) is 0 Å². The van der Waals surface area contributed by atoms with Crippen LogP contribution < -0.4 is 10.1 Å². The van der Waals surface area contributed by atoms with Crippen molar-refractivity contribution in [3.05, 3.63) is 30.1 Å². The molecule has 3 atom stereocenters. The number of halogens is 1. The number of nitrogens with one attached hydrogen (secondary N) is 1. The van der Waals surface area contributed by atoms with Gasteiger partial charge in [-0.1, -0.05) is 12.1 Å². The van der Waals surface area contributed by atoms with Crippen LogP contribution in [0.15, 0.2) is 24.3 Å². The van der Waals surface area contributed by atoms with Crippen molar-refractivity contribution in [3.63, 3.8) is 0 Å². The zero-order valence-corrected chi connectivity index (χ0v) is 11.0. The second-order valence-electron chi connectivity index (χ2n) is 4.26. The third-order valence-electron chi connectivity index (χ3n) is 2.56. The van der Waals surface area contributed by atoms with Gasteiger partial charge in [-0.25, -0.2) is 9.18 Å². The number of carbonyl (C=O) groups excluding carboxylic acids is 1. The molecule has 20 heavy (non-hydrogen) atoms. The molecule has 1 amide bonds. The second-order valence-corrected chi connectivity index (χ2v) is 4.26. The van der Waals surface area contributed by atoms with Gasteiger partial charge in [0.15, 0.2) is 23.7 Å². The van der Waals surface area contributed by atoms with Gasteiger partial charge < -0.3 is 20.3 Å². The lowest BCUT2D eigenvalue weighted by molar-refractivity contribution is -0.145. The van der Waals surface area contributed by atoms with E-state index in [-0.39, 0.29) is 5.75 Å². The number of aliphatic hydroxyl groups excluding tert-OH is 1. The maximum Gasteiger partial charge on any atom is 0.328 e. The summed E-state index contributed by atoms with van der Waals surface area (Å²) in [7, 11) is 0. The number of para-hydroxylation sites is 1. The fourth-order valence-corrected chi connectivity index (χ4v) is 1.44.